The Hall–Kier alpha value is -0.830. The Morgan fingerprint density at radius 3 is 2.60 bits per heavy atom. The molecule has 6 aliphatic rings. The highest BCUT2D eigenvalue weighted by Crippen LogP contribution is 2.70. The Morgan fingerprint density at radius 1 is 1.09 bits per heavy atom. The highest BCUT2D eigenvalue weighted by atomic mass is 16.7. The summed E-state index contributed by atoms with van der Waals surface area (Å²) in [5, 5.41) is 22.5. The molecule has 0 spiro atoms. The summed E-state index contributed by atoms with van der Waals surface area (Å²) in [4.78, 5) is 14.1. The topological polar surface area (TPSA) is 94.5 Å². The molecule has 196 valence electrons. The molecule has 0 radical (unpaired) electrons. The molecular formula is C28H42O7. The fraction of sp³-hybridized carbons (Fsp3) is 0.893. The fourth-order valence-corrected chi connectivity index (χ4v) is 9.34. The zero-order valence-electron chi connectivity index (χ0n) is 21.7. The van der Waals surface area contributed by atoms with Gasteiger partial charge in [0.1, 0.15) is 12.2 Å². The minimum atomic E-state index is -0.855. The van der Waals surface area contributed by atoms with E-state index in [4.69, 9.17) is 18.9 Å². The molecule has 2 aliphatic heterocycles. The van der Waals surface area contributed by atoms with E-state index in [2.05, 4.69) is 26.8 Å². The van der Waals surface area contributed by atoms with Gasteiger partial charge in [0.25, 0.3) is 0 Å². The normalized spacial score (nSPS) is 57.3. The van der Waals surface area contributed by atoms with Crippen molar-refractivity contribution in [3.05, 3.63) is 11.6 Å². The molecule has 13 atom stereocenters. The van der Waals surface area contributed by atoms with Crippen LogP contribution in [0.3, 0.4) is 0 Å². The SMILES string of the molecule is CO[C@@H]1C[C@H](O[C@H]2CC[C@@]3(C)C(=CC[C@@H]4[C@@H]3C(=O)[C@@H]3O[C@H](C)[C@@H]5CC[C@@]4(O)[C@]35C)C2)O[C@H](C)[C@@H]1O. The van der Waals surface area contributed by atoms with Gasteiger partial charge in [-0.2, -0.15) is 0 Å². The molecule has 0 aromatic carbocycles. The second-order valence-electron chi connectivity index (χ2n) is 12.7. The minimum Gasteiger partial charge on any atom is -0.389 e. The summed E-state index contributed by atoms with van der Waals surface area (Å²) in [7, 11) is 1.61. The number of hydrogen-bond acceptors (Lipinski definition) is 7. The number of carbonyl (C=O) groups is 1. The van der Waals surface area contributed by atoms with Crippen LogP contribution in [0.1, 0.15) is 72.6 Å². The second kappa shape index (κ2) is 8.08. The molecule has 2 heterocycles. The van der Waals surface area contributed by atoms with Crippen LogP contribution in [0.25, 0.3) is 0 Å². The average molecular weight is 491 g/mol. The maximum Gasteiger partial charge on any atom is 0.166 e. The first-order valence-corrected chi connectivity index (χ1v) is 13.7. The molecule has 5 fully saturated rings. The smallest absolute Gasteiger partial charge is 0.166 e. The maximum atomic E-state index is 14.1. The highest BCUT2D eigenvalue weighted by molar-refractivity contribution is 5.90. The van der Waals surface area contributed by atoms with Crippen LogP contribution in [0, 0.1) is 28.6 Å². The first-order valence-electron chi connectivity index (χ1n) is 13.7. The summed E-state index contributed by atoms with van der Waals surface area (Å²) < 4.78 is 24.1. The summed E-state index contributed by atoms with van der Waals surface area (Å²) >= 11 is 0. The van der Waals surface area contributed by atoms with Crippen molar-refractivity contribution in [2.45, 2.75) is 121 Å². The number of aliphatic hydroxyl groups is 2. The van der Waals surface area contributed by atoms with Gasteiger partial charge in [0, 0.05) is 30.8 Å². The number of rotatable bonds is 3. The summed E-state index contributed by atoms with van der Waals surface area (Å²) in [6.07, 6.45) is 5.49. The van der Waals surface area contributed by atoms with Gasteiger partial charge in [0.2, 0.25) is 0 Å². The van der Waals surface area contributed by atoms with Crippen LogP contribution in [0.5, 0.6) is 0 Å². The Bertz CT molecular complexity index is 919. The lowest BCUT2D eigenvalue weighted by Crippen LogP contribution is -2.68. The Kier molecular flexibility index (Phi) is 5.66. The van der Waals surface area contributed by atoms with Gasteiger partial charge in [-0.05, 0) is 63.7 Å². The zero-order valence-corrected chi connectivity index (χ0v) is 21.7. The monoisotopic (exact) mass is 490 g/mol. The van der Waals surface area contributed by atoms with E-state index in [0.717, 1.165) is 38.5 Å². The lowest BCUT2D eigenvalue weighted by Gasteiger charge is -2.60. The number of fused-ring (bicyclic) bond motifs is 4. The van der Waals surface area contributed by atoms with Crippen LogP contribution >= 0.6 is 0 Å². The summed E-state index contributed by atoms with van der Waals surface area (Å²) in [5.74, 6) is 0.201. The largest absolute Gasteiger partial charge is 0.389 e. The average Bonchev–Trinajstić information content (AvgIpc) is 3.26. The van der Waals surface area contributed by atoms with Crippen LogP contribution in [-0.2, 0) is 23.7 Å². The van der Waals surface area contributed by atoms with Crippen molar-refractivity contribution >= 4 is 5.78 Å². The van der Waals surface area contributed by atoms with Crippen molar-refractivity contribution in [3.8, 4) is 0 Å². The number of ketones is 1. The molecule has 7 heteroatoms. The molecule has 2 saturated heterocycles. The van der Waals surface area contributed by atoms with Crippen molar-refractivity contribution in [2.75, 3.05) is 7.11 Å². The molecule has 0 aromatic heterocycles. The summed E-state index contributed by atoms with van der Waals surface area (Å²) in [5.41, 5.74) is -0.338. The Morgan fingerprint density at radius 2 is 1.86 bits per heavy atom. The number of hydrogen-bond donors (Lipinski definition) is 2. The molecule has 0 bridgehead atoms. The van der Waals surface area contributed by atoms with Crippen molar-refractivity contribution in [1.82, 2.24) is 0 Å². The van der Waals surface area contributed by atoms with Gasteiger partial charge in [-0.15, -0.1) is 0 Å². The lowest BCUT2D eigenvalue weighted by molar-refractivity contribution is -0.266. The third-order valence-corrected chi connectivity index (χ3v) is 11.4. The lowest BCUT2D eigenvalue weighted by atomic mass is 9.45. The molecule has 35 heavy (non-hydrogen) atoms. The van der Waals surface area contributed by atoms with Crippen molar-refractivity contribution in [3.63, 3.8) is 0 Å². The van der Waals surface area contributed by atoms with Gasteiger partial charge >= 0.3 is 0 Å². The van der Waals surface area contributed by atoms with E-state index in [-0.39, 0.29) is 53.4 Å². The van der Waals surface area contributed by atoms with Gasteiger partial charge in [-0.1, -0.05) is 25.5 Å². The van der Waals surface area contributed by atoms with E-state index in [1.54, 1.807) is 7.11 Å². The standard InChI is InChI=1S/C28H42O7/c1-14-18-9-11-28(31)19-7-6-16-12-17(35-21-13-20(32-5)23(29)15(2)33-21)8-10-26(16,3)22(19)24(30)25(34-14)27(18,28)4/h6,14-15,17-23,25,29,31H,7-13H2,1-5H3/t14-,15-,17+,18+,19-,20-,21+,22-,23+,25+,26+,27+,28+/m1/s1. The van der Waals surface area contributed by atoms with E-state index in [9.17, 15) is 15.0 Å². The van der Waals surface area contributed by atoms with E-state index in [1.807, 2.05) is 6.92 Å². The number of ether oxygens (including phenoxy) is 4. The van der Waals surface area contributed by atoms with Crippen LogP contribution in [-0.4, -0.2) is 71.6 Å². The van der Waals surface area contributed by atoms with Gasteiger partial charge < -0.3 is 29.2 Å². The van der Waals surface area contributed by atoms with Crippen LogP contribution in [0.4, 0.5) is 0 Å². The third-order valence-electron chi connectivity index (χ3n) is 11.4. The molecule has 7 nitrogen and oxygen atoms in total. The fourth-order valence-electron chi connectivity index (χ4n) is 9.34. The van der Waals surface area contributed by atoms with E-state index in [1.165, 1.54) is 5.57 Å². The van der Waals surface area contributed by atoms with Gasteiger partial charge in [0.05, 0.1) is 30.0 Å². The third kappa shape index (κ3) is 3.15. The predicted octanol–water partition coefficient (Wildman–Crippen LogP) is 3.15. The zero-order chi connectivity index (χ0) is 24.9. The second-order valence-corrected chi connectivity index (χ2v) is 12.7. The number of carbonyl (C=O) groups excluding carboxylic acids is 1. The molecule has 0 unspecified atom stereocenters. The van der Waals surface area contributed by atoms with E-state index in [0.29, 0.717) is 6.42 Å². The first kappa shape index (κ1) is 24.5. The van der Waals surface area contributed by atoms with Gasteiger partial charge in [0.15, 0.2) is 12.1 Å². The minimum absolute atomic E-state index is 0.00137. The first-order chi connectivity index (χ1) is 16.5. The van der Waals surface area contributed by atoms with Crippen LogP contribution in [0.2, 0.25) is 0 Å². The molecule has 6 rings (SSSR count). The van der Waals surface area contributed by atoms with Crippen molar-refractivity contribution in [2.24, 2.45) is 28.6 Å². The molecule has 0 aromatic rings. The molecule has 4 aliphatic carbocycles. The summed E-state index contributed by atoms with van der Waals surface area (Å²) in [6.45, 7) is 8.28. The molecule has 2 N–H and O–H groups in total. The van der Waals surface area contributed by atoms with E-state index >= 15 is 0 Å². The number of aliphatic hydroxyl groups excluding tert-OH is 1. The molecular weight excluding hydrogens is 448 g/mol. The predicted molar refractivity (Wildman–Crippen MR) is 127 cm³/mol. The van der Waals surface area contributed by atoms with Crippen LogP contribution < -0.4 is 0 Å². The van der Waals surface area contributed by atoms with Crippen molar-refractivity contribution in [1.29, 1.82) is 0 Å². The van der Waals surface area contributed by atoms with E-state index < -0.39 is 29.5 Å². The Balaban J connectivity index is 1.24. The molecule has 3 saturated carbocycles. The highest BCUT2D eigenvalue weighted by Gasteiger charge is 2.76. The van der Waals surface area contributed by atoms with Crippen molar-refractivity contribution < 1.29 is 34.0 Å². The number of methoxy groups -OCH3 is 1. The quantitative estimate of drug-likeness (QED) is 0.587. The van der Waals surface area contributed by atoms with Gasteiger partial charge in [-0.3, -0.25) is 4.79 Å². The molecule has 0 amide bonds. The van der Waals surface area contributed by atoms with Crippen LogP contribution in [0.15, 0.2) is 11.6 Å². The Labute approximate surface area is 208 Å². The maximum absolute atomic E-state index is 14.1. The van der Waals surface area contributed by atoms with Gasteiger partial charge in [-0.25, -0.2) is 0 Å². The summed E-state index contributed by atoms with van der Waals surface area (Å²) in [6, 6.07) is 0. The number of Topliss-reactive ketones (excluding diaryl/α,β-unsaturated/α-hetero) is 1. The number of allylic oxidation sites excluding steroid dienone is 1.